The maximum atomic E-state index is 13.0. The van der Waals surface area contributed by atoms with Gasteiger partial charge in [-0.05, 0) is 30.9 Å². The summed E-state index contributed by atoms with van der Waals surface area (Å²) in [6.07, 6.45) is 1.22. The van der Waals surface area contributed by atoms with Crippen LogP contribution in [0, 0.1) is 11.3 Å². The van der Waals surface area contributed by atoms with Gasteiger partial charge in [-0.3, -0.25) is 9.18 Å². The van der Waals surface area contributed by atoms with E-state index in [1.165, 1.54) is 0 Å². The lowest BCUT2D eigenvalue weighted by molar-refractivity contribution is -0.153. The van der Waals surface area contributed by atoms with Crippen molar-refractivity contribution in [2.45, 2.75) is 38.8 Å². The number of aliphatic hydroxyl groups is 1. The molecule has 10 heteroatoms. The van der Waals surface area contributed by atoms with Crippen LogP contribution in [0.3, 0.4) is 0 Å². The molecule has 0 bridgehead atoms. The molecule has 1 aromatic rings. The summed E-state index contributed by atoms with van der Waals surface area (Å²) in [4.78, 5) is 19.6. The zero-order valence-corrected chi connectivity index (χ0v) is 20.4. The maximum absolute atomic E-state index is 13.0. The second-order valence-electron chi connectivity index (χ2n) is 9.64. The molecular weight excluding hydrogens is 445 g/mol. The number of alkyl halides is 1. The van der Waals surface area contributed by atoms with Crippen LogP contribution in [0.1, 0.15) is 37.2 Å². The van der Waals surface area contributed by atoms with Crippen molar-refractivity contribution in [3.63, 3.8) is 0 Å². The van der Waals surface area contributed by atoms with Gasteiger partial charge in [0.1, 0.15) is 18.0 Å². The molecule has 2 fully saturated rings. The van der Waals surface area contributed by atoms with Crippen LogP contribution < -0.4 is 15.0 Å². The van der Waals surface area contributed by atoms with E-state index in [4.69, 9.17) is 18.9 Å². The minimum atomic E-state index is -0.444. The Morgan fingerprint density at radius 3 is 2.74 bits per heavy atom. The number of pyridine rings is 1. The molecule has 34 heavy (non-hydrogen) atoms. The van der Waals surface area contributed by atoms with Crippen molar-refractivity contribution in [2.24, 2.45) is 11.3 Å². The van der Waals surface area contributed by atoms with Gasteiger partial charge in [0, 0.05) is 26.8 Å². The maximum Gasteiger partial charge on any atom is 0.270 e. The van der Waals surface area contributed by atoms with E-state index in [1.54, 1.807) is 13.2 Å². The highest BCUT2D eigenvalue weighted by atomic mass is 19.1. The lowest BCUT2D eigenvalue weighted by atomic mass is 9.88. The van der Waals surface area contributed by atoms with Crippen LogP contribution in [-0.2, 0) is 14.2 Å². The van der Waals surface area contributed by atoms with Crippen LogP contribution in [0.15, 0.2) is 12.1 Å². The topological polar surface area (TPSA) is 102 Å². The number of aliphatic hydroxyl groups excluding tert-OH is 1. The predicted molar refractivity (Wildman–Crippen MR) is 125 cm³/mol. The lowest BCUT2D eigenvalue weighted by Gasteiger charge is -2.41. The molecule has 0 unspecified atom stereocenters. The second kappa shape index (κ2) is 12.6. The monoisotopic (exact) mass is 483 g/mol. The number of rotatable bonds is 15. The van der Waals surface area contributed by atoms with E-state index < -0.39 is 12.1 Å². The standard InChI is InChI=1S/C24H38FN3O6/c1-17(2)9-18(12-32-8-4-7-25)26-22(30)20-5-6-21(28-10-19(11-28)31-3)23(27-20)34-16-24(13-29)14-33-15-24/h5-6,17-19,29H,4,7-16H2,1-3H3,(H,26,30)/t18-/m0/s1. The average molecular weight is 484 g/mol. The number of ether oxygens (including phenoxy) is 4. The highest BCUT2D eigenvalue weighted by Gasteiger charge is 2.40. The SMILES string of the molecule is COC1CN(c2ccc(C(=O)N[C@H](COCCCF)CC(C)C)nc2OCC2(CO)COC2)C1. The Hall–Kier alpha value is -2.01. The molecule has 2 aliphatic heterocycles. The molecule has 0 saturated carbocycles. The molecule has 2 N–H and O–H groups in total. The normalized spacial score (nSPS) is 18.4. The number of amides is 1. The molecule has 1 amide bonds. The van der Waals surface area contributed by atoms with Gasteiger partial charge in [0.2, 0.25) is 5.88 Å². The van der Waals surface area contributed by atoms with Crippen LogP contribution in [0.4, 0.5) is 10.1 Å². The quantitative estimate of drug-likeness (QED) is 0.364. The first-order valence-corrected chi connectivity index (χ1v) is 11.9. The summed E-state index contributed by atoms with van der Waals surface area (Å²) in [6, 6.07) is 3.31. The van der Waals surface area contributed by atoms with Gasteiger partial charge in [-0.1, -0.05) is 13.8 Å². The fourth-order valence-corrected chi connectivity index (χ4v) is 3.90. The molecule has 0 radical (unpaired) electrons. The van der Waals surface area contributed by atoms with Crippen molar-refractivity contribution < 1.29 is 33.2 Å². The van der Waals surface area contributed by atoms with Gasteiger partial charge in [0.25, 0.3) is 5.91 Å². The Labute approximate surface area is 200 Å². The third kappa shape index (κ3) is 7.00. The number of methoxy groups -OCH3 is 1. The molecule has 0 aliphatic carbocycles. The van der Waals surface area contributed by atoms with Crippen molar-refractivity contribution in [3.05, 3.63) is 17.8 Å². The van der Waals surface area contributed by atoms with Crippen molar-refractivity contribution >= 4 is 11.6 Å². The van der Waals surface area contributed by atoms with Crippen molar-refractivity contribution in [1.29, 1.82) is 0 Å². The Morgan fingerprint density at radius 2 is 2.15 bits per heavy atom. The third-order valence-electron chi connectivity index (χ3n) is 6.09. The number of nitrogens with one attached hydrogen (secondary N) is 1. The first-order valence-electron chi connectivity index (χ1n) is 11.9. The van der Waals surface area contributed by atoms with E-state index in [1.807, 2.05) is 6.07 Å². The summed E-state index contributed by atoms with van der Waals surface area (Å²) >= 11 is 0. The highest BCUT2D eigenvalue weighted by Crippen LogP contribution is 2.34. The van der Waals surface area contributed by atoms with Gasteiger partial charge in [-0.15, -0.1) is 0 Å². The Bertz CT molecular complexity index is 780. The molecule has 0 spiro atoms. The number of hydrogen-bond acceptors (Lipinski definition) is 8. The summed E-state index contributed by atoms with van der Waals surface area (Å²) in [6.45, 7) is 6.82. The van der Waals surface area contributed by atoms with Gasteiger partial charge in [-0.2, -0.15) is 0 Å². The van der Waals surface area contributed by atoms with Gasteiger partial charge >= 0.3 is 0 Å². The fraction of sp³-hybridized carbons (Fsp3) is 0.750. The van der Waals surface area contributed by atoms with Crippen LogP contribution in [0.25, 0.3) is 0 Å². The van der Waals surface area contributed by atoms with E-state index >= 15 is 0 Å². The number of nitrogens with zero attached hydrogens (tertiary/aromatic N) is 2. The summed E-state index contributed by atoms with van der Waals surface area (Å²) in [5.41, 5.74) is 0.579. The number of halogens is 1. The summed E-state index contributed by atoms with van der Waals surface area (Å²) in [5, 5.41) is 12.7. The zero-order chi connectivity index (χ0) is 24.6. The van der Waals surface area contributed by atoms with E-state index in [9.17, 15) is 14.3 Å². The van der Waals surface area contributed by atoms with E-state index in [0.717, 1.165) is 12.1 Å². The summed E-state index contributed by atoms with van der Waals surface area (Å²) < 4.78 is 34.6. The molecule has 9 nitrogen and oxygen atoms in total. The Morgan fingerprint density at radius 1 is 1.38 bits per heavy atom. The largest absolute Gasteiger partial charge is 0.475 e. The average Bonchev–Trinajstić information content (AvgIpc) is 2.75. The van der Waals surface area contributed by atoms with Crippen LogP contribution in [0.2, 0.25) is 0 Å². The molecule has 192 valence electrons. The minimum Gasteiger partial charge on any atom is -0.475 e. The number of carbonyl (C=O) groups is 1. The van der Waals surface area contributed by atoms with Gasteiger partial charge in [0.15, 0.2) is 0 Å². The smallest absolute Gasteiger partial charge is 0.270 e. The van der Waals surface area contributed by atoms with Gasteiger partial charge in [-0.25, -0.2) is 4.98 Å². The zero-order valence-electron chi connectivity index (χ0n) is 20.4. The highest BCUT2D eigenvalue weighted by molar-refractivity contribution is 5.93. The summed E-state index contributed by atoms with van der Waals surface area (Å²) in [7, 11) is 1.68. The Balaban J connectivity index is 1.70. The molecule has 3 heterocycles. The minimum absolute atomic E-state index is 0.0444. The molecular formula is C24H38FN3O6. The van der Waals surface area contributed by atoms with Crippen molar-refractivity contribution in [3.8, 4) is 5.88 Å². The van der Waals surface area contributed by atoms with Gasteiger partial charge < -0.3 is 34.3 Å². The van der Waals surface area contributed by atoms with Crippen molar-refractivity contribution in [2.75, 3.05) is 71.4 Å². The van der Waals surface area contributed by atoms with Crippen LogP contribution >= 0.6 is 0 Å². The third-order valence-corrected chi connectivity index (χ3v) is 6.09. The molecule has 1 atom stereocenters. The van der Waals surface area contributed by atoms with Crippen LogP contribution in [0.5, 0.6) is 5.88 Å². The second-order valence-corrected chi connectivity index (χ2v) is 9.64. The number of hydrogen-bond donors (Lipinski definition) is 2. The molecule has 2 saturated heterocycles. The molecule has 2 aliphatic rings. The number of anilines is 1. The molecule has 3 rings (SSSR count). The van der Waals surface area contributed by atoms with Crippen molar-refractivity contribution in [1.82, 2.24) is 10.3 Å². The molecule has 1 aromatic heterocycles. The van der Waals surface area contributed by atoms with E-state index in [0.29, 0.717) is 57.7 Å². The summed E-state index contributed by atoms with van der Waals surface area (Å²) in [5.74, 6) is 0.378. The number of aromatic nitrogens is 1. The van der Waals surface area contributed by atoms with E-state index in [-0.39, 0.29) is 37.0 Å². The lowest BCUT2D eigenvalue weighted by Crippen LogP contribution is -2.52. The predicted octanol–water partition coefficient (Wildman–Crippen LogP) is 1.82. The van der Waals surface area contributed by atoms with E-state index in [2.05, 4.69) is 29.0 Å². The first kappa shape index (κ1) is 26.6. The van der Waals surface area contributed by atoms with Gasteiger partial charge in [0.05, 0.1) is 50.7 Å². The Kier molecular flexibility index (Phi) is 9.87. The number of carbonyl (C=O) groups excluding carboxylic acids is 1. The fourth-order valence-electron chi connectivity index (χ4n) is 3.90. The molecule has 0 aromatic carbocycles. The first-order chi connectivity index (χ1) is 16.4. The van der Waals surface area contributed by atoms with Crippen LogP contribution in [-0.4, -0.2) is 94.7 Å².